The fourth-order valence-electron chi connectivity index (χ4n) is 2.68. The molecule has 0 fully saturated rings. The van der Waals surface area contributed by atoms with E-state index in [0.29, 0.717) is 24.2 Å². The molecule has 0 aliphatic rings. The summed E-state index contributed by atoms with van der Waals surface area (Å²) in [4.78, 5) is 12.9. The highest BCUT2D eigenvalue weighted by Gasteiger charge is 2.19. The molecule has 0 heterocycles. The molecular weight excluding hydrogens is 266 g/mol. The number of nitrogen functional groups attached to an aromatic ring is 1. The monoisotopic (exact) mass is 293 g/mol. The summed E-state index contributed by atoms with van der Waals surface area (Å²) >= 11 is 0. The molecule has 1 rings (SSSR count). The second kappa shape index (κ2) is 7.98. The van der Waals surface area contributed by atoms with Gasteiger partial charge in [0.2, 0.25) is 0 Å². The molecule has 0 saturated heterocycles. The molecule has 0 saturated carbocycles. The van der Waals surface area contributed by atoms with Crippen LogP contribution in [-0.4, -0.2) is 22.4 Å². The van der Waals surface area contributed by atoms with Gasteiger partial charge in [-0.25, -0.2) is 0 Å². The minimum atomic E-state index is -0.368. The number of nitro benzene ring substituents is 1. The highest BCUT2D eigenvalue weighted by atomic mass is 16.6. The molecule has 5 nitrogen and oxygen atoms in total. The molecular formula is C16H27N3O2. The third-order valence-electron chi connectivity index (χ3n) is 3.77. The summed E-state index contributed by atoms with van der Waals surface area (Å²) in [6.45, 7) is 10.4. The Bertz CT molecular complexity index is 471. The van der Waals surface area contributed by atoms with Crippen molar-refractivity contribution in [2.75, 3.05) is 12.3 Å². The summed E-state index contributed by atoms with van der Waals surface area (Å²) in [7, 11) is 0. The topological polar surface area (TPSA) is 72.4 Å². The van der Waals surface area contributed by atoms with Gasteiger partial charge in [-0.1, -0.05) is 27.7 Å². The number of anilines is 1. The lowest BCUT2D eigenvalue weighted by molar-refractivity contribution is -0.384. The standard InChI is InChI=1S/C16H27N3O2/c1-5-14(6-2)18(10-12(3)4)11-13-9-15(19(20)21)7-8-16(13)17/h7-9,12,14H,5-6,10-11,17H2,1-4H3. The number of hydrogen-bond donors (Lipinski definition) is 1. The van der Waals surface area contributed by atoms with Crippen molar-refractivity contribution >= 4 is 11.4 Å². The highest BCUT2D eigenvalue weighted by molar-refractivity contribution is 5.52. The zero-order valence-corrected chi connectivity index (χ0v) is 13.5. The zero-order valence-electron chi connectivity index (χ0n) is 13.5. The molecule has 0 radical (unpaired) electrons. The summed E-state index contributed by atoms with van der Waals surface area (Å²) < 4.78 is 0. The SMILES string of the molecule is CCC(CC)N(Cc1cc([N+](=O)[O-])ccc1N)CC(C)C. The van der Waals surface area contributed by atoms with Gasteiger partial charge in [0.15, 0.2) is 0 Å². The first-order chi connectivity index (χ1) is 9.88. The van der Waals surface area contributed by atoms with Crippen LogP contribution >= 0.6 is 0 Å². The van der Waals surface area contributed by atoms with Crippen molar-refractivity contribution in [3.8, 4) is 0 Å². The van der Waals surface area contributed by atoms with E-state index in [4.69, 9.17) is 5.73 Å². The zero-order chi connectivity index (χ0) is 16.0. The Labute approximate surface area is 127 Å². The van der Waals surface area contributed by atoms with Gasteiger partial charge in [0, 0.05) is 37.0 Å². The average Bonchev–Trinajstić information content (AvgIpc) is 2.41. The molecule has 0 atom stereocenters. The van der Waals surface area contributed by atoms with E-state index in [1.807, 2.05) is 0 Å². The third-order valence-corrected chi connectivity index (χ3v) is 3.77. The lowest BCUT2D eigenvalue weighted by Gasteiger charge is -2.32. The second-order valence-electron chi connectivity index (χ2n) is 5.93. The number of benzene rings is 1. The van der Waals surface area contributed by atoms with Gasteiger partial charge in [-0.2, -0.15) is 0 Å². The van der Waals surface area contributed by atoms with Crippen molar-refractivity contribution in [3.05, 3.63) is 33.9 Å². The molecule has 21 heavy (non-hydrogen) atoms. The smallest absolute Gasteiger partial charge is 0.269 e. The van der Waals surface area contributed by atoms with Gasteiger partial charge in [-0.3, -0.25) is 15.0 Å². The van der Waals surface area contributed by atoms with Crippen molar-refractivity contribution in [1.82, 2.24) is 4.90 Å². The number of hydrogen-bond acceptors (Lipinski definition) is 4. The van der Waals surface area contributed by atoms with Crippen LogP contribution < -0.4 is 5.73 Å². The maximum absolute atomic E-state index is 10.9. The molecule has 0 aliphatic carbocycles. The number of nitro groups is 1. The molecule has 0 aliphatic heterocycles. The molecule has 0 aromatic heterocycles. The van der Waals surface area contributed by atoms with Crippen LogP contribution in [0.2, 0.25) is 0 Å². The molecule has 0 bridgehead atoms. The van der Waals surface area contributed by atoms with E-state index >= 15 is 0 Å². The van der Waals surface area contributed by atoms with Crippen LogP contribution in [0.4, 0.5) is 11.4 Å². The van der Waals surface area contributed by atoms with Gasteiger partial charge < -0.3 is 5.73 Å². The van der Waals surface area contributed by atoms with Gasteiger partial charge >= 0.3 is 0 Å². The van der Waals surface area contributed by atoms with E-state index in [-0.39, 0.29) is 10.6 Å². The van der Waals surface area contributed by atoms with Crippen molar-refractivity contribution in [3.63, 3.8) is 0 Å². The van der Waals surface area contributed by atoms with E-state index in [2.05, 4.69) is 32.6 Å². The van der Waals surface area contributed by atoms with Crippen LogP contribution in [0.25, 0.3) is 0 Å². The predicted molar refractivity (Wildman–Crippen MR) is 87.1 cm³/mol. The van der Waals surface area contributed by atoms with Crippen LogP contribution in [-0.2, 0) is 6.54 Å². The lowest BCUT2D eigenvalue weighted by Crippen LogP contribution is -2.36. The van der Waals surface area contributed by atoms with E-state index in [0.717, 1.165) is 24.9 Å². The lowest BCUT2D eigenvalue weighted by atomic mass is 10.0. The molecule has 118 valence electrons. The summed E-state index contributed by atoms with van der Waals surface area (Å²) in [5.41, 5.74) is 7.58. The summed E-state index contributed by atoms with van der Waals surface area (Å²) in [6.07, 6.45) is 2.14. The molecule has 1 aromatic rings. The number of non-ortho nitro benzene ring substituents is 1. The largest absolute Gasteiger partial charge is 0.398 e. The average molecular weight is 293 g/mol. The Morgan fingerprint density at radius 3 is 2.38 bits per heavy atom. The molecule has 0 spiro atoms. The van der Waals surface area contributed by atoms with Crippen LogP contribution in [0.15, 0.2) is 18.2 Å². The number of rotatable bonds is 8. The quantitative estimate of drug-likeness (QED) is 0.449. The minimum absolute atomic E-state index is 0.105. The van der Waals surface area contributed by atoms with Crippen LogP contribution in [0.5, 0.6) is 0 Å². The molecule has 0 amide bonds. The van der Waals surface area contributed by atoms with Crippen molar-refractivity contribution in [2.45, 2.75) is 53.1 Å². The van der Waals surface area contributed by atoms with Gasteiger partial charge in [0.05, 0.1) is 4.92 Å². The first-order valence-corrected chi connectivity index (χ1v) is 7.65. The van der Waals surface area contributed by atoms with Crippen molar-refractivity contribution < 1.29 is 4.92 Å². The van der Waals surface area contributed by atoms with E-state index in [9.17, 15) is 10.1 Å². The Morgan fingerprint density at radius 1 is 1.29 bits per heavy atom. The Hall–Kier alpha value is -1.62. The molecule has 2 N–H and O–H groups in total. The van der Waals surface area contributed by atoms with E-state index < -0.39 is 0 Å². The fraction of sp³-hybridized carbons (Fsp3) is 0.625. The second-order valence-corrected chi connectivity index (χ2v) is 5.93. The molecule has 5 heteroatoms. The van der Waals surface area contributed by atoms with E-state index in [1.54, 1.807) is 12.1 Å². The maximum atomic E-state index is 10.9. The van der Waals surface area contributed by atoms with Gasteiger partial charge in [0.25, 0.3) is 5.69 Å². The predicted octanol–water partition coefficient (Wildman–Crippen LogP) is 3.82. The Kier molecular flexibility index (Phi) is 6.62. The first-order valence-electron chi connectivity index (χ1n) is 7.65. The summed E-state index contributed by atoms with van der Waals surface area (Å²) in [5.74, 6) is 0.547. The normalized spacial score (nSPS) is 11.6. The number of nitrogens with two attached hydrogens (primary N) is 1. The highest BCUT2D eigenvalue weighted by Crippen LogP contribution is 2.23. The van der Waals surface area contributed by atoms with Gasteiger partial charge in [-0.15, -0.1) is 0 Å². The molecule has 0 unspecified atom stereocenters. The Morgan fingerprint density at radius 2 is 1.90 bits per heavy atom. The number of nitrogens with zero attached hydrogens (tertiary/aromatic N) is 2. The molecule has 1 aromatic carbocycles. The van der Waals surface area contributed by atoms with Crippen molar-refractivity contribution in [2.24, 2.45) is 5.92 Å². The summed E-state index contributed by atoms with van der Waals surface area (Å²) in [6, 6.07) is 5.17. The fourth-order valence-corrected chi connectivity index (χ4v) is 2.68. The van der Waals surface area contributed by atoms with Crippen LogP contribution in [0, 0.1) is 16.0 Å². The van der Waals surface area contributed by atoms with E-state index in [1.165, 1.54) is 6.07 Å². The Balaban J connectivity index is 3.01. The van der Waals surface area contributed by atoms with Gasteiger partial charge in [0.1, 0.15) is 0 Å². The maximum Gasteiger partial charge on any atom is 0.269 e. The minimum Gasteiger partial charge on any atom is -0.398 e. The summed E-state index contributed by atoms with van der Waals surface area (Å²) in [5, 5.41) is 10.9. The van der Waals surface area contributed by atoms with Gasteiger partial charge in [-0.05, 0) is 30.4 Å². The first kappa shape index (κ1) is 17.4. The van der Waals surface area contributed by atoms with Crippen molar-refractivity contribution in [1.29, 1.82) is 0 Å². The van der Waals surface area contributed by atoms with Crippen LogP contribution in [0.1, 0.15) is 46.1 Å². The third kappa shape index (κ3) is 5.01. The van der Waals surface area contributed by atoms with Crippen LogP contribution in [0.3, 0.4) is 0 Å².